The molecular weight excluding hydrogens is 340 g/mol. The molecule has 0 radical (unpaired) electrons. The lowest BCUT2D eigenvalue weighted by Gasteiger charge is -2.23. The molecule has 1 unspecified atom stereocenters. The maximum absolute atomic E-state index is 12.8. The second kappa shape index (κ2) is 7.07. The van der Waals surface area contributed by atoms with E-state index in [-0.39, 0.29) is 11.9 Å². The van der Waals surface area contributed by atoms with E-state index in [4.69, 9.17) is 4.42 Å². The van der Waals surface area contributed by atoms with Crippen LogP contribution in [0, 0.1) is 0 Å². The summed E-state index contributed by atoms with van der Waals surface area (Å²) in [6.07, 6.45) is 4.97. The summed E-state index contributed by atoms with van der Waals surface area (Å²) in [6, 6.07) is 15.5. The Balaban J connectivity index is 1.58. The normalized spacial score (nSPS) is 12.2. The van der Waals surface area contributed by atoms with E-state index in [1.165, 1.54) is 0 Å². The molecule has 0 bridgehead atoms. The van der Waals surface area contributed by atoms with Gasteiger partial charge in [-0.15, -0.1) is 0 Å². The van der Waals surface area contributed by atoms with Gasteiger partial charge in [-0.2, -0.15) is 5.10 Å². The Bertz CT molecular complexity index is 1050. The third-order valence-electron chi connectivity index (χ3n) is 4.75. The Labute approximate surface area is 157 Å². The van der Waals surface area contributed by atoms with Crippen molar-refractivity contribution in [2.24, 2.45) is 0 Å². The van der Waals surface area contributed by atoms with Crippen molar-refractivity contribution in [2.45, 2.75) is 19.5 Å². The van der Waals surface area contributed by atoms with Crippen LogP contribution in [0.2, 0.25) is 0 Å². The van der Waals surface area contributed by atoms with Crippen LogP contribution in [-0.2, 0) is 6.54 Å². The minimum absolute atomic E-state index is 0.107. The number of benzene rings is 1. The van der Waals surface area contributed by atoms with Gasteiger partial charge in [-0.25, -0.2) is 9.67 Å². The van der Waals surface area contributed by atoms with E-state index < -0.39 is 0 Å². The molecule has 27 heavy (non-hydrogen) atoms. The van der Waals surface area contributed by atoms with Crippen LogP contribution in [0.15, 0.2) is 71.6 Å². The van der Waals surface area contributed by atoms with E-state index in [0.29, 0.717) is 12.1 Å². The minimum Gasteiger partial charge on any atom is -0.467 e. The highest BCUT2D eigenvalue weighted by Crippen LogP contribution is 2.22. The summed E-state index contributed by atoms with van der Waals surface area (Å²) in [4.78, 5) is 19.0. The van der Waals surface area contributed by atoms with Gasteiger partial charge >= 0.3 is 0 Å². The van der Waals surface area contributed by atoms with Gasteiger partial charge in [0.1, 0.15) is 5.76 Å². The summed E-state index contributed by atoms with van der Waals surface area (Å²) in [5, 5.41) is 5.27. The van der Waals surface area contributed by atoms with Crippen molar-refractivity contribution >= 4 is 16.9 Å². The maximum Gasteiger partial charge on any atom is 0.255 e. The minimum atomic E-state index is -0.163. The fourth-order valence-corrected chi connectivity index (χ4v) is 3.06. The molecule has 136 valence electrons. The van der Waals surface area contributed by atoms with Crippen molar-refractivity contribution in [1.82, 2.24) is 19.7 Å². The molecule has 1 atom stereocenters. The molecule has 0 saturated carbocycles. The fraction of sp³-hybridized carbons (Fsp3) is 0.190. The van der Waals surface area contributed by atoms with Gasteiger partial charge < -0.3 is 9.32 Å². The monoisotopic (exact) mass is 360 g/mol. The lowest BCUT2D eigenvalue weighted by atomic mass is 10.1. The van der Waals surface area contributed by atoms with Gasteiger partial charge in [0.25, 0.3) is 5.91 Å². The van der Waals surface area contributed by atoms with Crippen LogP contribution in [0.3, 0.4) is 0 Å². The molecule has 3 aromatic heterocycles. The van der Waals surface area contributed by atoms with Gasteiger partial charge in [0, 0.05) is 18.6 Å². The number of rotatable bonds is 5. The van der Waals surface area contributed by atoms with Crippen LogP contribution in [0.25, 0.3) is 11.0 Å². The number of aromatic nitrogens is 3. The highest BCUT2D eigenvalue weighted by Gasteiger charge is 2.21. The summed E-state index contributed by atoms with van der Waals surface area (Å²) >= 11 is 0. The predicted molar refractivity (Wildman–Crippen MR) is 102 cm³/mol. The van der Waals surface area contributed by atoms with Gasteiger partial charge in [0.05, 0.1) is 30.6 Å². The molecule has 4 rings (SSSR count). The number of furan rings is 1. The standard InChI is InChI=1S/C21H20N4O2/c1-15(19-9-6-10-27-19)24(2)21(26)18-11-17-13-23-25(20(17)22-12-18)14-16-7-4-3-5-8-16/h3-13,15H,14H2,1-2H3. The first-order valence-electron chi connectivity index (χ1n) is 8.79. The third-order valence-corrected chi connectivity index (χ3v) is 4.75. The Hall–Kier alpha value is -3.41. The molecule has 6 heteroatoms. The zero-order valence-corrected chi connectivity index (χ0v) is 15.2. The number of amides is 1. The van der Waals surface area contributed by atoms with E-state index >= 15 is 0 Å². The van der Waals surface area contributed by atoms with Crippen molar-refractivity contribution < 1.29 is 9.21 Å². The summed E-state index contributed by atoms with van der Waals surface area (Å²) in [6.45, 7) is 2.57. The molecule has 4 aromatic rings. The fourth-order valence-electron chi connectivity index (χ4n) is 3.06. The van der Waals surface area contributed by atoms with Gasteiger partial charge in [-0.3, -0.25) is 4.79 Å². The quantitative estimate of drug-likeness (QED) is 0.541. The molecule has 3 heterocycles. The molecule has 0 fully saturated rings. The lowest BCUT2D eigenvalue weighted by Crippen LogP contribution is -2.29. The summed E-state index contributed by atoms with van der Waals surface area (Å²) in [5.41, 5.74) is 2.44. The number of carbonyl (C=O) groups is 1. The third kappa shape index (κ3) is 3.33. The van der Waals surface area contributed by atoms with Crippen molar-refractivity contribution in [3.8, 4) is 0 Å². The topological polar surface area (TPSA) is 64.2 Å². The summed E-state index contributed by atoms with van der Waals surface area (Å²) in [7, 11) is 1.76. The number of hydrogen-bond donors (Lipinski definition) is 0. The Morgan fingerprint density at radius 2 is 2.00 bits per heavy atom. The van der Waals surface area contributed by atoms with Crippen molar-refractivity contribution in [1.29, 1.82) is 0 Å². The molecule has 0 saturated heterocycles. The van der Waals surface area contributed by atoms with E-state index in [2.05, 4.69) is 22.2 Å². The molecule has 0 aliphatic carbocycles. The first-order chi connectivity index (χ1) is 13.1. The summed E-state index contributed by atoms with van der Waals surface area (Å²) in [5.74, 6) is 0.639. The number of carbonyl (C=O) groups excluding carboxylic acids is 1. The second-order valence-electron chi connectivity index (χ2n) is 6.53. The molecule has 0 aliphatic rings. The van der Waals surface area contributed by atoms with Crippen LogP contribution in [0.5, 0.6) is 0 Å². The van der Waals surface area contributed by atoms with Crippen LogP contribution >= 0.6 is 0 Å². The molecular formula is C21H20N4O2. The average molecular weight is 360 g/mol. The molecule has 0 spiro atoms. The number of hydrogen-bond acceptors (Lipinski definition) is 4. The van der Waals surface area contributed by atoms with Crippen molar-refractivity contribution in [2.75, 3.05) is 7.05 Å². The molecule has 0 N–H and O–H groups in total. The van der Waals surface area contributed by atoms with E-state index in [1.54, 1.807) is 30.6 Å². The van der Waals surface area contributed by atoms with Crippen molar-refractivity contribution in [3.05, 3.63) is 84.1 Å². The second-order valence-corrected chi connectivity index (χ2v) is 6.53. The van der Waals surface area contributed by atoms with E-state index in [0.717, 1.165) is 22.4 Å². The van der Waals surface area contributed by atoms with Crippen LogP contribution in [-0.4, -0.2) is 32.6 Å². The zero-order chi connectivity index (χ0) is 18.8. The molecule has 1 amide bonds. The van der Waals surface area contributed by atoms with Gasteiger partial charge in [0.15, 0.2) is 5.65 Å². The molecule has 6 nitrogen and oxygen atoms in total. The van der Waals surface area contributed by atoms with E-state index in [1.807, 2.05) is 48.0 Å². The van der Waals surface area contributed by atoms with Gasteiger partial charge in [-0.1, -0.05) is 30.3 Å². The molecule has 1 aromatic carbocycles. The zero-order valence-electron chi connectivity index (χ0n) is 15.2. The number of pyridine rings is 1. The maximum atomic E-state index is 12.8. The van der Waals surface area contributed by atoms with E-state index in [9.17, 15) is 4.79 Å². The number of nitrogens with zero attached hydrogens (tertiary/aromatic N) is 4. The smallest absolute Gasteiger partial charge is 0.255 e. The highest BCUT2D eigenvalue weighted by atomic mass is 16.3. The van der Waals surface area contributed by atoms with Crippen LogP contribution < -0.4 is 0 Å². The average Bonchev–Trinajstić information content (AvgIpc) is 3.37. The van der Waals surface area contributed by atoms with Crippen LogP contribution in [0.1, 0.15) is 34.6 Å². The predicted octanol–water partition coefficient (Wildman–Crippen LogP) is 3.91. The lowest BCUT2D eigenvalue weighted by molar-refractivity contribution is 0.0726. The molecule has 0 aliphatic heterocycles. The first kappa shape index (κ1) is 17.0. The Morgan fingerprint density at radius 3 is 2.74 bits per heavy atom. The van der Waals surface area contributed by atoms with Gasteiger partial charge in [-0.05, 0) is 30.7 Å². The SMILES string of the molecule is CC(c1ccco1)N(C)C(=O)c1cnc2c(cnn2Cc2ccccc2)c1. The number of fused-ring (bicyclic) bond motifs is 1. The summed E-state index contributed by atoms with van der Waals surface area (Å²) < 4.78 is 7.25. The Kier molecular flexibility index (Phi) is 4.46. The highest BCUT2D eigenvalue weighted by molar-refractivity contribution is 5.96. The Morgan fingerprint density at radius 1 is 1.19 bits per heavy atom. The van der Waals surface area contributed by atoms with Gasteiger partial charge in [0.2, 0.25) is 0 Å². The van der Waals surface area contributed by atoms with Crippen molar-refractivity contribution in [3.63, 3.8) is 0 Å². The largest absolute Gasteiger partial charge is 0.467 e. The van der Waals surface area contributed by atoms with Crippen LogP contribution in [0.4, 0.5) is 0 Å². The first-order valence-corrected chi connectivity index (χ1v) is 8.79.